The molecule has 3 aromatic carbocycles. The second-order valence-electron chi connectivity index (χ2n) is 7.92. The Morgan fingerprint density at radius 3 is 2.56 bits per heavy atom. The summed E-state index contributed by atoms with van der Waals surface area (Å²) in [5.41, 5.74) is 4.00. The van der Waals surface area contributed by atoms with Crippen LogP contribution < -0.4 is 14.4 Å². The molecule has 170 valence electrons. The molecule has 4 aromatic rings. The van der Waals surface area contributed by atoms with Gasteiger partial charge >= 0.3 is 0 Å². The Bertz CT molecular complexity index is 1450. The van der Waals surface area contributed by atoms with Gasteiger partial charge in [0.15, 0.2) is 11.5 Å². The van der Waals surface area contributed by atoms with Gasteiger partial charge < -0.3 is 14.4 Å². The average molecular weight is 455 g/mol. The van der Waals surface area contributed by atoms with Gasteiger partial charge in [0.2, 0.25) is 0 Å². The zero-order chi connectivity index (χ0) is 23.8. The number of nitro groups is 1. The molecule has 0 spiro atoms. The number of aromatic nitrogens is 1. The first-order valence-electron chi connectivity index (χ1n) is 10.7. The van der Waals surface area contributed by atoms with Crippen LogP contribution in [0.4, 0.5) is 11.4 Å². The van der Waals surface area contributed by atoms with E-state index in [-0.39, 0.29) is 11.6 Å². The molecule has 0 saturated heterocycles. The Morgan fingerprint density at radius 1 is 1.00 bits per heavy atom. The Labute approximate surface area is 195 Å². The van der Waals surface area contributed by atoms with Crippen molar-refractivity contribution in [2.45, 2.75) is 6.42 Å². The summed E-state index contributed by atoms with van der Waals surface area (Å²) in [6.45, 7) is 0.456. The van der Waals surface area contributed by atoms with Crippen molar-refractivity contribution in [1.29, 1.82) is 0 Å². The lowest BCUT2D eigenvalue weighted by atomic mass is 10.0. The maximum absolute atomic E-state index is 13.8. The van der Waals surface area contributed by atoms with Gasteiger partial charge in [0.05, 0.1) is 41.6 Å². The lowest BCUT2D eigenvalue weighted by molar-refractivity contribution is -0.384. The number of hydrogen-bond donors (Lipinski definition) is 0. The van der Waals surface area contributed by atoms with Crippen LogP contribution in [0.3, 0.4) is 0 Å². The SMILES string of the molecule is COc1ccc(-c2cc(C(=O)N3CCc4ccc([N+](=O)[O-])cc43)c3ccccc3n2)cc1OC. The number of hydrogen-bond acceptors (Lipinski definition) is 6. The predicted octanol–water partition coefficient (Wildman–Crippen LogP) is 5.03. The molecule has 1 amide bonds. The van der Waals surface area contributed by atoms with Crippen LogP contribution in [0.15, 0.2) is 66.7 Å². The zero-order valence-electron chi connectivity index (χ0n) is 18.6. The summed E-state index contributed by atoms with van der Waals surface area (Å²) < 4.78 is 10.8. The van der Waals surface area contributed by atoms with Gasteiger partial charge in [-0.15, -0.1) is 0 Å². The standard InChI is InChI=1S/C26H21N3O5/c1-33-24-10-8-17(13-25(24)34-2)22-15-20(19-5-3-4-6-21(19)27-22)26(30)28-12-11-16-7-9-18(29(31)32)14-23(16)28/h3-10,13-15H,11-12H2,1-2H3. The van der Waals surface area contributed by atoms with E-state index in [2.05, 4.69) is 0 Å². The molecule has 8 heteroatoms. The quantitative estimate of drug-likeness (QED) is 0.309. The minimum Gasteiger partial charge on any atom is -0.493 e. The third-order valence-corrected chi connectivity index (χ3v) is 6.05. The van der Waals surface area contributed by atoms with E-state index in [0.29, 0.717) is 46.9 Å². The minimum atomic E-state index is -0.446. The Kier molecular flexibility index (Phi) is 5.33. The monoisotopic (exact) mass is 455 g/mol. The summed E-state index contributed by atoms with van der Waals surface area (Å²) in [6.07, 6.45) is 0.643. The van der Waals surface area contributed by atoms with Gasteiger partial charge in [-0.1, -0.05) is 24.3 Å². The first-order chi connectivity index (χ1) is 16.5. The predicted molar refractivity (Wildman–Crippen MR) is 129 cm³/mol. The highest BCUT2D eigenvalue weighted by molar-refractivity contribution is 6.15. The third-order valence-electron chi connectivity index (χ3n) is 6.05. The number of nitro benzene ring substituents is 1. The Balaban J connectivity index is 1.63. The highest BCUT2D eigenvalue weighted by Gasteiger charge is 2.29. The van der Waals surface area contributed by atoms with Gasteiger partial charge in [-0.3, -0.25) is 14.9 Å². The molecule has 1 aliphatic heterocycles. The second kappa shape index (κ2) is 8.47. The molecule has 0 saturated carbocycles. The van der Waals surface area contributed by atoms with Crippen LogP contribution >= 0.6 is 0 Å². The number of rotatable bonds is 5. The molecule has 0 fully saturated rings. The fraction of sp³-hybridized carbons (Fsp3) is 0.154. The van der Waals surface area contributed by atoms with E-state index in [1.165, 1.54) is 12.1 Å². The second-order valence-corrected chi connectivity index (χ2v) is 7.92. The van der Waals surface area contributed by atoms with Crippen LogP contribution in [-0.4, -0.2) is 36.6 Å². The smallest absolute Gasteiger partial charge is 0.271 e. The maximum atomic E-state index is 13.8. The number of ether oxygens (including phenoxy) is 2. The maximum Gasteiger partial charge on any atom is 0.271 e. The third kappa shape index (κ3) is 3.59. The molecule has 0 bridgehead atoms. The van der Waals surface area contributed by atoms with E-state index >= 15 is 0 Å². The average Bonchev–Trinajstić information content (AvgIpc) is 3.30. The zero-order valence-corrected chi connectivity index (χ0v) is 18.6. The number of pyridine rings is 1. The molecule has 1 aliphatic rings. The van der Waals surface area contributed by atoms with Crippen molar-refractivity contribution in [3.63, 3.8) is 0 Å². The molecule has 0 aliphatic carbocycles. The van der Waals surface area contributed by atoms with E-state index in [1.54, 1.807) is 37.3 Å². The van der Waals surface area contributed by atoms with Crippen molar-refractivity contribution < 1.29 is 19.2 Å². The van der Waals surface area contributed by atoms with E-state index in [4.69, 9.17) is 14.5 Å². The number of para-hydroxylation sites is 1. The lowest BCUT2D eigenvalue weighted by Gasteiger charge is -2.19. The van der Waals surface area contributed by atoms with Crippen LogP contribution in [0.25, 0.3) is 22.2 Å². The molecule has 0 N–H and O–H groups in total. The molecule has 0 radical (unpaired) electrons. The van der Waals surface area contributed by atoms with Gasteiger partial charge in [-0.25, -0.2) is 4.98 Å². The molecular weight excluding hydrogens is 434 g/mol. The number of anilines is 1. The highest BCUT2D eigenvalue weighted by Crippen LogP contribution is 2.36. The van der Waals surface area contributed by atoms with Crippen molar-refractivity contribution in [2.75, 3.05) is 25.7 Å². The first-order valence-corrected chi connectivity index (χ1v) is 10.7. The van der Waals surface area contributed by atoms with Gasteiger partial charge in [-0.2, -0.15) is 0 Å². The fourth-order valence-electron chi connectivity index (χ4n) is 4.33. The summed E-state index contributed by atoms with van der Waals surface area (Å²) in [5.74, 6) is 0.932. The van der Waals surface area contributed by atoms with Crippen LogP contribution in [0.2, 0.25) is 0 Å². The van der Waals surface area contributed by atoms with Gasteiger partial charge in [0.25, 0.3) is 11.6 Å². The molecule has 1 aromatic heterocycles. The van der Waals surface area contributed by atoms with E-state index < -0.39 is 4.92 Å². The van der Waals surface area contributed by atoms with Crippen molar-refractivity contribution in [3.8, 4) is 22.8 Å². The fourth-order valence-corrected chi connectivity index (χ4v) is 4.33. The molecule has 0 atom stereocenters. The van der Waals surface area contributed by atoms with Crippen LogP contribution in [-0.2, 0) is 6.42 Å². The van der Waals surface area contributed by atoms with Gasteiger partial charge in [0, 0.05) is 29.6 Å². The van der Waals surface area contributed by atoms with Crippen molar-refractivity contribution >= 4 is 28.2 Å². The number of amides is 1. The number of nitrogens with zero attached hydrogens (tertiary/aromatic N) is 3. The van der Waals surface area contributed by atoms with Crippen LogP contribution in [0.5, 0.6) is 11.5 Å². The number of fused-ring (bicyclic) bond motifs is 2. The van der Waals surface area contributed by atoms with Crippen LogP contribution in [0, 0.1) is 10.1 Å². The van der Waals surface area contributed by atoms with Crippen molar-refractivity contribution in [2.24, 2.45) is 0 Å². The molecule has 2 heterocycles. The Morgan fingerprint density at radius 2 is 1.79 bits per heavy atom. The first kappa shape index (κ1) is 21.4. The molecule has 0 unspecified atom stereocenters. The summed E-state index contributed by atoms with van der Waals surface area (Å²) in [4.78, 5) is 31.0. The topological polar surface area (TPSA) is 94.8 Å². The number of carbonyl (C=O) groups is 1. The molecule has 8 nitrogen and oxygen atoms in total. The molecule has 5 rings (SSSR count). The van der Waals surface area contributed by atoms with Crippen molar-refractivity contribution in [1.82, 2.24) is 4.98 Å². The van der Waals surface area contributed by atoms with E-state index in [0.717, 1.165) is 16.5 Å². The van der Waals surface area contributed by atoms with Gasteiger partial charge in [-0.05, 0) is 42.3 Å². The normalized spacial score (nSPS) is 12.5. The number of carbonyl (C=O) groups excluding carboxylic acids is 1. The number of methoxy groups -OCH3 is 2. The Hall–Kier alpha value is -4.46. The van der Waals surface area contributed by atoms with E-state index in [9.17, 15) is 14.9 Å². The lowest BCUT2D eigenvalue weighted by Crippen LogP contribution is -2.29. The molecule has 34 heavy (non-hydrogen) atoms. The van der Waals surface area contributed by atoms with Gasteiger partial charge in [0.1, 0.15) is 0 Å². The largest absolute Gasteiger partial charge is 0.493 e. The van der Waals surface area contributed by atoms with E-state index in [1.807, 2.05) is 36.4 Å². The number of benzene rings is 3. The summed E-state index contributed by atoms with van der Waals surface area (Å²) in [7, 11) is 3.13. The van der Waals surface area contributed by atoms with Crippen molar-refractivity contribution in [3.05, 3.63) is 88.0 Å². The minimum absolute atomic E-state index is 0.0379. The summed E-state index contributed by atoms with van der Waals surface area (Å²) >= 11 is 0. The summed E-state index contributed by atoms with van der Waals surface area (Å²) in [6, 6.07) is 19.4. The van der Waals surface area contributed by atoms with Crippen LogP contribution in [0.1, 0.15) is 15.9 Å². The molecular formula is C26H21N3O5. The highest BCUT2D eigenvalue weighted by atomic mass is 16.6. The summed E-state index contributed by atoms with van der Waals surface area (Å²) in [5, 5.41) is 12.0. The number of non-ortho nitro benzene ring substituents is 1.